The molecule has 0 radical (unpaired) electrons. The van der Waals surface area contributed by atoms with E-state index >= 15 is 0 Å². The summed E-state index contributed by atoms with van der Waals surface area (Å²) in [4.78, 5) is 20.2. The number of rotatable bonds is 3. The van der Waals surface area contributed by atoms with Crippen LogP contribution in [0.2, 0.25) is 0 Å². The summed E-state index contributed by atoms with van der Waals surface area (Å²) in [5, 5.41) is 5.70. The predicted octanol–water partition coefficient (Wildman–Crippen LogP) is 2.08. The third-order valence-electron chi connectivity index (χ3n) is 2.51. The molecule has 2 aromatic rings. The van der Waals surface area contributed by atoms with Crippen molar-refractivity contribution in [3.8, 4) is 0 Å². The van der Waals surface area contributed by atoms with Crippen LogP contribution in [0.3, 0.4) is 0 Å². The average Bonchev–Trinajstić information content (AvgIpc) is 2.41. The van der Waals surface area contributed by atoms with E-state index < -0.39 is 0 Å². The van der Waals surface area contributed by atoms with Crippen molar-refractivity contribution in [1.29, 1.82) is 0 Å². The summed E-state index contributed by atoms with van der Waals surface area (Å²) < 4.78 is 0. The monoisotopic (exact) mass is 242 g/mol. The molecule has 0 unspecified atom stereocenters. The molecule has 0 atom stereocenters. The number of pyridine rings is 2. The summed E-state index contributed by atoms with van der Waals surface area (Å²) in [7, 11) is 1.76. The Labute approximate surface area is 105 Å². The quantitative estimate of drug-likeness (QED) is 0.864. The van der Waals surface area contributed by atoms with Crippen LogP contribution in [-0.4, -0.2) is 22.9 Å². The van der Waals surface area contributed by atoms with Gasteiger partial charge in [-0.15, -0.1) is 0 Å². The van der Waals surface area contributed by atoms with Crippen molar-refractivity contribution in [3.63, 3.8) is 0 Å². The number of anilines is 2. The van der Waals surface area contributed by atoms with Crippen LogP contribution in [0.15, 0.2) is 36.7 Å². The summed E-state index contributed by atoms with van der Waals surface area (Å²) in [5.41, 5.74) is 2.03. The third kappa shape index (κ3) is 2.63. The molecule has 0 saturated heterocycles. The summed E-state index contributed by atoms with van der Waals surface area (Å²) in [5.74, 6) is 0.426. The highest BCUT2D eigenvalue weighted by Crippen LogP contribution is 2.13. The van der Waals surface area contributed by atoms with Gasteiger partial charge in [-0.2, -0.15) is 0 Å². The molecule has 0 saturated carbocycles. The van der Waals surface area contributed by atoms with Crippen LogP contribution in [0.25, 0.3) is 0 Å². The Kier molecular flexibility index (Phi) is 3.52. The Bertz CT molecular complexity index is 568. The van der Waals surface area contributed by atoms with Crippen LogP contribution in [-0.2, 0) is 0 Å². The Morgan fingerprint density at radius 2 is 2.11 bits per heavy atom. The van der Waals surface area contributed by atoms with Gasteiger partial charge in [-0.25, -0.2) is 4.98 Å². The maximum Gasteiger partial charge on any atom is 0.274 e. The molecule has 1 amide bonds. The van der Waals surface area contributed by atoms with Crippen molar-refractivity contribution in [2.45, 2.75) is 6.92 Å². The Hall–Kier alpha value is -2.43. The summed E-state index contributed by atoms with van der Waals surface area (Å²) in [6.07, 6.45) is 3.34. The number of carbonyl (C=O) groups excluding carboxylic acids is 1. The lowest BCUT2D eigenvalue weighted by Crippen LogP contribution is -2.15. The topological polar surface area (TPSA) is 66.9 Å². The van der Waals surface area contributed by atoms with Crippen molar-refractivity contribution >= 4 is 17.4 Å². The van der Waals surface area contributed by atoms with E-state index in [1.54, 1.807) is 43.7 Å². The molecule has 2 N–H and O–H groups in total. The third-order valence-corrected chi connectivity index (χ3v) is 2.51. The number of amides is 1. The molecule has 0 aliphatic carbocycles. The number of aromatic nitrogens is 2. The fourth-order valence-electron chi connectivity index (χ4n) is 1.50. The predicted molar refractivity (Wildman–Crippen MR) is 70.7 cm³/mol. The van der Waals surface area contributed by atoms with E-state index in [2.05, 4.69) is 20.6 Å². The smallest absolute Gasteiger partial charge is 0.274 e. The van der Waals surface area contributed by atoms with Crippen molar-refractivity contribution in [3.05, 3.63) is 47.9 Å². The van der Waals surface area contributed by atoms with Crippen molar-refractivity contribution < 1.29 is 4.79 Å². The first-order valence-electron chi connectivity index (χ1n) is 5.57. The molecule has 0 aliphatic rings. The molecule has 0 aromatic carbocycles. The minimum atomic E-state index is -0.235. The standard InChI is InChI=1S/C13H14N4O/c1-9-8-15-7-6-10(9)17-13(18)11-4-3-5-12(14-2)16-11/h3-8H,1-2H3,(H,14,16)(H,15,17,18). The zero-order valence-electron chi connectivity index (χ0n) is 10.3. The number of aryl methyl sites for hydroxylation is 1. The largest absolute Gasteiger partial charge is 0.373 e. The van der Waals surface area contributed by atoms with E-state index in [0.29, 0.717) is 11.5 Å². The highest BCUT2D eigenvalue weighted by molar-refractivity contribution is 6.03. The second kappa shape index (κ2) is 5.27. The molecule has 18 heavy (non-hydrogen) atoms. The van der Waals surface area contributed by atoms with Gasteiger partial charge in [0.1, 0.15) is 11.5 Å². The van der Waals surface area contributed by atoms with Crippen LogP contribution in [0.5, 0.6) is 0 Å². The van der Waals surface area contributed by atoms with E-state index in [-0.39, 0.29) is 5.91 Å². The summed E-state index contributed by atoms with van der Waals surface area (Å²) in [6, 6.07) is 7.02. The number of nitrogens with zero attached hydrogens (tertiary/aromatic N) is 2. The van der Waals surface area contributed by atoms with Crippen LogP contribution >= 0.6 is 0 Å². The van der Waals surface area contributed by atoms with E-state index in [0.717, 1.165) is 11.3 Å². The molecule has 2 aromatic heterocycles. The fourth-order valence-corrected chi connectivity index (χ4v) is 1.50. The van der Waals surface area contributed by atoms with Gasteiger partial charge < -0.3 is 10.6 Å². The second-order valence-corrected chi connectivity index (χ2v) is 3.80. The lowest BCUT2D eigenvalue weighted by molar-refractivity contribution is 0.102. The molecule has 0 aliphatic heterocycles. The van der Waals surface area contributed by atoms with Gasteiger partial charge in [-0.3, -0.25) is 9.78 Å². The molecule has 2 rings (SSSR count). The molecular weight excluding hydrogens is 228 g/mol. The molecular formula is C13H14N4O. The van der Waals surface area contributed by atoms with Gasteiger partial charge in [-0.1, -0.05) is 6.07 Å². The number of nitrogens with one attached hydrogen (secondary N) is 2. The molecule has 0 fully saturated rings. The molecule has 0 spiro atoms. The number of carbonyl (C=O) groups is 1. The minimum absolute atomic E-state index is 0.235. The fraction of sp³-hybridized carbons (Fsp3) is 0.154. The summed E-state index contributed by atoms with van der Waals surface area (Å²) in [6.45, 7) is 1.89. The second-order valence-electron chi connectivity index (χ2n) is 3.80. The highest BCUT2D eigenvalue weighted by Gasteiger charge is 2.09. The molecule has 5 nitrogen and oxygen atoms in total. The molecule has 2 heterocycles. The normalized spacial score (nSPS) is 9.89. The van der Waals surface area contributed by atoms with Gasteiger partial charge >= 0.3 is 0 Å². The van der Waals surface area contributed by atoms with E-state index in [9.17, 15) is 4.79 Å². The first-order valence-corrected chi connectivity index (χ1v) is 5.57. The first-order chi connectivity index (χ1) is 8.70. The minimum Gasteiger partial charge on any atom is -0.373 e. The molecule has 92 valence electrons. The first kappa shape index (κ1) is 12.0. The van der Waals surface area contributed by atoms with Gasteiger partial charge in [0.25, 0.3) is 5.91 Å². The molecule has 5 heteroatoms. The Morgan fingerprint density at radius 1 is 1.28 bits per heavy atom. The van der Waals surface area contributed by atoms with E-state index in [4.69, 9.17) is 0 Å². The Balaban J connectivity index is 2.19. The van der Waals surface area contributed by atoms with Crippen molar-refractivity contribution in [2.24, 2.45) is 0 Å². The van der Waals surface area contributed by atoms with Crippen LogP contribution < -0.4 is 10.6 Å². The number of hydrogen-bond donors (Lipinski definition) is 2. The van der Waals surface area contributed by atoms with Gasteiger partial charge in [0.05, 0.1) is 0 Å². The zero-order chi connectivity index (χ0) is 13.0. The lowest BCUT2D eigenvalue weighted by atomic mass is 10.2. The van der Waals surface area contributed by atoms with E-state index in [1.165, 1.54) is 0 Å². The maximum atomic E-state index is 12.0. The van der Waals surface area contributed by atoms with Gasteiger partial charge in [0.2, 0.25) is 0 Å². The summed E-state index contributed by atoms with van der Waals surface area (Å²) >= 11 is 0. The zero-order valence-corrected chi connectivity index (χ0v) is 10.3. The SMILES string of the molecule is CNc1cccc(C(=O)Nc2ccncc2C)n1. The lowest BCUT2D eigenvalue weighted by Gasteiger charge is -2.07. The van der Waals surface area contributed by atoms with Gasteiger partial charge in [-0.05, 0) is 30.7 Å². The van der Waals surface area contributed by atoms with Gasteiger partial charge in [0.15, 0.2) is 0 Å². The maximum absolute atomic E-state index is 12.0. The Morgan fingerprint density at radius 3 is 2.83 bits per heavy atom. The van der Waals surface area contributed by atoms with Gasteiger partial charge in [0, 0.05) is 25.1 Å². The number of hydrogen-bond acceptors (Lipinski definition) is 4. The van der Waals surface area contributed by atoms with Crippen LogP contribution in [0.1, 0.15) is 16.1 Å². The highest BCUT2D eigenvalue weighted by atomic mass is 16.1. The van der Waals surface area contributed by atoms with Crippen molar-refractivity contribution in [2.75, 3.05) is 17.7 Å². The average molecular weight is 242 g/mol. The molecule has 0 bridgehead atoms. The van der Waals surface area contributed by atoms with Crippen molar-refractivity contribution in [1.82, 2.24) is 9.97 Å². The van der Waals surface area contributed by atoms with Crippen LogP contribution in [0.4, 0.5) is 11.5 Å². The van der Waals surface area contributed by atoms with Crippen LogP contribution in [0, 0.1) is 6.92 Å². The van der Waals surface area contributed by atoms with E-state index in [1.807, 2.05) is 6.92 Å².